The van der Waals surface area contributed by atoms with E-state index in [1.165, 1.54) is 5.56 Å². The Labute approximate surface area is 184 Å². The third kappa shape index (κ3) is 6.54. The molecule has 3 aromatic rings. The predicted octanol–water partition coefficient (Wildman–Crippen LogP) is 5.90. The number of carbonyl (C=O) groups excluding carboxylic acids is 2. The summed E-state index contributed by atoms with van der Waals surface area (Å²) in [5.41, 5.74) is 4.01. The average Bonchev–Trinajstić information content (AvgIpc) is 2.82. The topological polar surface area (TPSA) is 55.4 Å². The Morgan fingerprint density at radius 2 is 1.35 bits per heavy atom. The minimum Gasteiger partial charge on any atom is -0.456 e. The van der Waals surface area contributed by atoms with Crippen molar-refractivity contribution in [2.75, 3.05) is 11.9 Å². The summed E-state index contributed by atoms with van der Waals surface area (Å²) in [6.45, 7) is 4.02. The molecule has 0 unspecified atom stereocenters. The minimum absolute atomic E-state index is 0.119. The second kappa shape index (κ2) is 11.1. The Bertz CT molecular complexity index is 929. The summed E-state index contributed by atoms with van der Waals surface area (Å²) in [6.07, 6.45) is 1.24. The lowest BCUT2D eigenvalue weighted by atomic mass is 9.89. The fourth-order valence-corrected chi connectivity index (χ4v) is 3.50. The molecule has 0 radical (unpaired) electrons. The normalized spacial score (nSPS) is 11.7. The number of benzene rings is 3. The Kier molecular flexibility index (Phi) is 7.99. The summed E-state index contributed by atoms with van der Waals surface area (Å²) < 4.78 is 5.28. The van der Waals surface area contributed by atoms with Gasteiger partial charge in [0.25, 0.3) is 5.91 Å². The Balaban J connectivity index is 1.56. The van der Waals surface area contributed by atoms with Crippen LogP contribution in [-0.2, 0) is 14.3 Å². The van der Waals surface area contributed by atoms with Crippen LogP contribution in [0.5, 0.6) is 0 Å². The molecule has 0 aromatic heterocycles. The molecule has 3 aromatic carbocycles. The van der Waals surface area contributed by atoms with Crippen molar-refractivity contribution >= 4 is 17.6 Å². The van der Waals surface area contributed by atoms with Gasteiger partial charge in [0.2, 0.25) is 0 Å². The SMILES string of the molecule is CC[C@@H](C)c1ccc(NC(=O)COC(=O)CC(c2ccccc2)c2ccccc2)cc1. The van der Waals surface area contributed by atoms with Crippen molar-refractivity contribution in [3.8, 4) is 0 Å². The van der Waals surface area contributed by atoms with Crippen LogP contribution in [0.1, 0.15) is 55.2 Å². The third-order valence-electron chi connectivity index (χ3n) is 5.51. The molecule has 0 aliphatic heterocycles. The summed E-state index contributed by atoms with van der Waals surface area (Å²) in [4.78, 5) is 24.7. The number of ether oxygens (including phenoxy) is 1. The summed E-state index contributed by atoms with van der Waals surface area (Å²) in [5.74, 6) is -0.389. The Hall–Kier alpha value is -3.40. The summed E-state index contributed by atoms with van der Waals surface area (Å²) >= 11 is 0. The molecule has 0 saturated heterocycles. The van der Waals surface area contributed by atoms with Crippen LogP contribution >= 0.6 is 0 Å². The van der Waals surface area contributed by atoms with Crippen LogP contribution in [0.4, 0.5) is 5.69 Å². The number of amides is 1. The van der Waals surface area contributed by atoms with Crippen LogP contribution in [0, 0.1) is 0 Å². The number of rotatable bonds is 9. The maximum Gasteiger partial charge on any atom is 0.307 e. The van der Waals surface area contributed by atoms with Gasteiger partial charge in [0, 0.05) is 11.6 Å². The number of nitrogens with one attached hydrogen (secondary N) is 1. The molecule has 0 saturated carbocycles. The van der Waals surface area contributed by atoms with Gasteiger partial charge in [-0.15, -0.1) is 0 Å². The standard InChI is InChI=1S/C27H29NO3/c1-3-20(2)21-14-16-24(17-15-21)28-26(29)19-31-27(30)18-25(22-10-6-4-7-11-22)23-12-8-5-9-13-23/h4-17,20,25H,3,18-19H2,1-2H3,(H,28,29)/t20-/m1/s1. The second-order valence-electron chi connectivity index (χ2n) is 7.72. The highest BCUT2D eigenvalue weighted by molar-refractivity contribution is 5.92. The van der Waals surface area contributed by atoms with Gasteiger partial charge < -0.3 is 10.1 Å². The monoisotopic (exact) mass is 415 g/mol. The van der Waals surface area contributed by atoms with E-state index in [2.05, 4.69) is 19.2 Å². The van der Waals surface area contributed by atoms with Crippen molar-refractivity contribution in [1.29, 1.82) is 0 Å². The highest BCUT2D eigenvalue weighted by Gasteiger charge is 2.19. The third-order valence-corrected chi connectivity index (χ3v) is 5.51. The molecular formula is C27H29NO3. The van der Waals surface area contributed by atoms with Gasteiger partial charge in [-0.1, -0.05) is 86.6 Å². The van der Waals surface area contributed by atoms with Crippen LogP contribution in [0.2, 0.25) is 0 Å². The first-order valence-corrected chi connectivity index (χ1v) is 10.7. The molecule has 0 bridgehead atoms. The predicted molar refractivity (Wildman–Crippen MR) is 124 cm³/mol. The van der Waals surface area contributed by atoms with E-state index in [0.717, 1.165) is 17.5 Å². The lowest BCUT2D eigenvalue weighted by Gasteiger charge is -2.17. The van der Waals surface area contributed by atoms with Crippen LogP contribution < -0.4 is 5.32 Å². The first-order chi connectivity index (χ1) is 15.1. The van der Waals surface area contributed by atoms with Crippen molar-refractivity contribution in [3.05, 3.63) is 102 Å². The van der Waals surface area contributed by atoms with Gasteiger partial charge in [-0.25, -0.2) is 0 Å². The molecular weight excluding hydrogens is 386 g/mol. The molecule has 31 heavy (non-hydrogen) atoms. The molecule has 160 valence electrons. The molecule has 0 aliphatic rings. The van der Waals surface area contributed by atoms with Crippen molar-refractivity contribution in [2.45, 2.75) is 38.5 Å². The van der Waals surface area contributed by atoms with Gasteiger partial charge in [-0.2, -0.15) is 0 Å². The van der Waals surface area contributed by atoms with Crippen LogP contribution in [-0.4, -0.2) is 18.5 Å². The number of anilines is 1. The fourth-order valence-electron chi connectivity index (χ4n) is 3.50. The Morgan fingerprint density at radius 3 is 1.87 bits per heavy atom. The zero-order valence-electron chi connectivity index (χ0n) is 18.1. The molecule has 1 N–H and O–H groups in total. The molecule has 0 fully saturated rings. The van der Waals surface area contributed by atoms with E-state index in [0.29, 0.717) is 11.6 Å². The summed E-state index contributed by atoms with van der Waals surface area (Å²) in [7, 11) is 0. The zero-order chi connectivity index (χ0) is 22.1. The number of carbonyl (C=O) groups is 2. The van der Waals surface area contributed by atoms with Crippen molar-refractivity contribution in [1.82, 2.24) is 0 Å². The van der Waals surface area contributed by atoms with E-state index in [1.807, 2.05) is 84.9 Å². The molecule has 4 nitrogen and oxygen atoms in total. The van der Waals surface area contributed by atoms with E-state index in [4.69, 9.17) is 4.74 Å². The Morgan fingerprint density at radius 1 is 0.806 bits per heavy atom. The van der Waals surface area contributed by atoms with E-state index in [-0.39, 0.29) is 24.9 Å². The lowest BCUT2D eigenvalue weighted by molar-refractivity contribution is -0.147. The van der Waals surface area contributed by atoms with E-state index >= 15 is 0 Å². The van der Waals surface area contributed by atoms with E-state index in [1.54, 1.807) is 0 Å². The van der Waals surface area contributed by atoms with Gasteiger partial charge in [-0.05, 0) is 41.2 Å². The van der Waals surface area contributed by atoms with E-state index < -0.39 is 5.97 Å². The van der Waals surface area contributed by atoms with E-state index in [9.17, 15) is 9.59 Å². The minimum atomic E-state index is -0.403. The first-order valence-electron chi connectivity index (χ1n) is 10.7. The van der Waals surface area contributed by atoms with Gasteiger partial charge in [-0.3, -0.25) is 9.59 Å². The fraction of sp³-hybridized carbons (Fsp3) is 0.259. The number of esters is 1. The van der Waals surface area contributed by atoms with Gasteiger partial charge in [0.1, 0.15) is 0 Å². The first kappa shape index (κ1) is 22.3. The lowest BCUT2D eigenvalue weighted by Crippen LogP contribution is -2.22. The highest BCUT2D eigenvalue weighted by Crippen LogP contribution is 2.28. The van der Waals surface area contributed by atoms with Crippen molar-refractivity contribution in [2.24, 2.45) is 0 Å². The van der Waals surface area contributed by atoms with Crippen LogP contribution in [0.25, 0.3) is 0 Å². The molecule has 1 amide bonds. The highest BCUT2D eigenvalue weighted by atomic mass is 16.5. The van der Waals surface area contributed by atoms with Crippen LogP contribution in [0.15, 0.2) is 84.9 Å². The number of hydrogen-bond acceptors (Lipinski definition) is 3. The van der Waals surface area contributed by atoms with Crippen molar-refractivity contribution < 1.29 is 14.3 Å². The summed E-state index contributed by atoms with van der Waals surface area (Å²) in [6, 6.07) is 27.5. The molecule has 0 heterocycles. The molecule has 4 heteroatoms. The molecule has 1 atom stereocenters. The van der Waals surface area contributed by atoms with Crippen LogP contribution in [0.3, 0.4) is 0 Å². The maximum atomic E-state index is 12.5. The zero-order valence-corrected chi connectivity index (χ0v) is 18.1. The number of hydrogen-bond donors (Lipinski definition) is 1. The largest absolute Gasteiger partial charge is 0.456 e. The molecule has 0 aliphatic carbocycles. The average molecular weight is 416 g/mol. The van der Waals surface area contributed by atoms with Gasteiger partial charge in [0.05, 0.1) is 6.42 Å². The summed E-state index contributed by atoms with van der Waals surface area (Å²) in [5, 5.41) is 2.78. The molecule has 0 spiro atoms. The van der Waals surface area contributed by atoms with Gasteiger partial charge in [0.15, 0.2) is 6.61 Å². The van der Waals surface area contributed by atoms with Gasteiger partial charge >= 0.3 is 5.97 Å². The molecule has 3 rings (SSSR count). The smallest absolute Gasteiger partial charge is 0.307 e. The van der Waals surface area contributed by atoms with Crippen molar-refractivity contribution in [3.63, 3.8) is 0 Å². The second-order valence-corrected chi connectivity index (χ2v) is 7.72. The quantitative estimate of drug-likeness (QED) is 0.442. The maximum absolute atomic E-state index is 12.5.